The maximum Gasteiger partial charge on any atom is 2.00 e. The van der Waals surface area contributed by atoms with Gasteiger partial charge in [0.05, 0.1) is 15.9 Å². The van der Waals surface area contributed by atoms with Crippen LogP contribution in [-0.2, 0) is 25.0 Å². The van der Waals surface area contributed by atoms with E-state index in [1.165, 1.54) is 109 Å². The van der Waals surface area contributed by atoms with Crippen LogP contribution in [0.1, 0.15) is 168 Å². The van der Waals surface area contributed by atoms with Crippen molar-refractivity contribution in [3.8, 4) is 0 Å². The van der Waals surface area contributed by atoms with E-state index in [-0.39, 0.29) is 74.0 Å². The van der Waals surface area contributed by atoms with Crippen molar-refractivity contribution in [2.75, 3.05) is 24.6 Å². The average molecular weight is 761 g/mol. The molecule has 49 heavy (non-hydrogen) atoms. The SMILES string of the molecule is CCCCCCCCCCC/C=C/C(=O)NCCCCS(=O)(=O)O.CCCCCCCCCCC/C=C/C([O-])=NCCCCS(=O)(=O)[O-].[Ca+2]. The Bertz CT molecular complexity index is 1050. The molecule has 0 aromatic carbocycles. The Balaban J connectivity index is -0.000000846. The van der Waals surface area contributed by atoms with Crippen molar-refractivity contribution >= 4 is 69.8 Å². The van der Waals surface area contributed by atoms with Gasteiger partial charge < -0.3 is 20.0 Å². The van der Waals surface area contributed by atoms with Gasteiger partial charge in [0.25, 0.3) is 10.1 Å². The quantitative estimate of drug-likeness (QED) is 0.0178. The van der Waals surface area contributed by atoms with Gasteiger partial charge in [-0.2, -0.15) is 8.42 Å². The molecule has 0 aromatic rings. The Morgan fingerprint density at radius 3 is 1.51 bits per heavy atom. The van der Waals surface area contributed by atoms with Crippen molar-refractivity contribution in [1.82, 2.24) is 5.32 Å². The third-order valence-corrected chi connectivity index (χ3v) is 9.27. The number of aliphatic imine (C=N–C) groups is 1. The molecular formula is C36H68CaN2O8S2. The number of nitrogens with zero attached hydrogens (tertiary/aromatic N) is 1. The normalized spacial score (nSPS) is 12.2. The molecule has 0 fully saturated rings. The molecule has 0 atom stereocenters. The van der Waals surface area contributed by atoms with E-state index < -0.39 is 20.2 Å². The van der Waals surface area contributed by atoms with Gasteiger partial charge in [0.2, 0.25) is 5.91 Å². The summed E-state index contributed by atoms with van der Waals surface area (Å²) in [6, 6.07) is 0. The number of carbonyl (C=O) groups is 1. The fourth-order valence-corrected chi connectivity index (χ4v) is 5.96. The van der Waals surface area contributed by atoms with Crippen molar-refractivity contribution in [3.05, 3.63) is 24.3 Å². The van der Waals surface area contributed by atoms with E-state index in [9.17, 15) is 31.3 Å². The third kappa shape index (κ3) is 52.0. The number of allylic oxidation sites excluding steroid dienone is 2. The molecule has 0 aliphatic carbocycles. The molecule has 0 spiro atoms. The van der Waals surface area contributed by atoms with Crippen molar-refractivity contribution < 1.29 is 35.8 Å². The number of hydrogen-bond acceptors (Lipinski definition) is 8. The minimum Gasteiger partial charge on any atom is -0.859 e. The topological polar surface area (TPSA) is 176 Å². The third-order valence-electron chi connectivity index (χ3n) is 7.68. The van der Waals surface area contributed by atoms with E-state index in [0.717, 1.165) is 25.7 Å². The van der Waals surface area contributed by atoms with Crippen LogP contribution in [0, 0.1) is 0 Å². The number of amides is 1. The summed E-state index contributed by atoms with van der Waals surface area (Å²) < 4.78 is 60.8. The fraction of sp³-hybridized carbons (Fsp3) is 0.833. The summed E-state index contributed by atoms with van der Waals surface area (Å²) in [6.45, 7) is 5.17. The number of hydrogen-bond donors (Lipinski definition) is 2. The van der Waals surface area contributed by atoms with Gasteiger partial charge in [0.15, 0.2) is 0 Å². The Labute approximate surface area is 330 Å². The van der Waals surface area contributed by atoms with E-state index in [1.54, 1.807) is 6.08 Å². The summed E-state index contributed by atoms with van der Waals surface area (Å²) in [5.41, 5.74) is 0. The van der Waals surface area contributed by atoms with Crippen LogP contribution in [0.2, 0.25) is 0 Å². The van der Waals surface area contributed by atoms with Crippen molar-refractivity contribution in [1.29, 1.82) is 0 Å². The van der Waals surface area contributed by atoms with Gasteiger partial charge in [0.1, 0.15) is 0 Å². The molecule has 0 saturated heterocycles. The molecule has 284 valence electrons. The van der Waals surface area contributed by atoms with Crippen LogP contribution in [0.4, 0.5) is 0 Å². The molecule has 0 bridgehead atoms. The molecule has 0 heterocycles. The van der Waals surface area contributed by atoms with Crippen molar-refractivity contribution in [2.45, 2.75) is 168 Å². The molecule has 0 radical (unpaired) electrons. The molecule has 0 aliphatic heterocycles. The van der Waals surface area contributed by atoms with Crippen molar-refractivity contribution in [2.24, 2.45) is 4.99 Å². The fourth-order valence-electron chi connectivity index (χ4n) is 4.83. The van der Waals surface area contributed by atoms with Crippen LogP contribution in [-0.4, -0.2) is 100 Å². The van der Waals surface area contributed by atoms with Gasteiger partial charge >= 0.3 is 37.7 Å². The van der Waals surface area contributed by atoms with E-state index in [2.05, 4.69) is 24.2 Å². The Kier molecular flexibility index (Phi) is 41.8. The number of carbonyl (C=O) groups excluding carboxylic acids is 1. The van der Waals surface area contributed by atoms with E-state index in [0.29, 0.717) is 25.8 Å². The summed E-state index contributed by atoms with van der Waals surface area (Å²) in [6.07, 6.45) is 33.4. The van der Waals surface area contributed by atoms with E-state index in [1.807, 2.05) is 12.2 Å². The smallest absolute Gasteiger partial charge is 0.859 e. The zero-order chi connectivity index (χ0) is 36.2. The first kappa shape index (κ1) is 52.9. The predicted molar refractivity (Wildman–Crippen MR) is 202 cm³/mol. The van der Waals surface area contributed by atoms with Gasteiger partial charge in [0, 0.05) is 18.8 Å². The van der Waals surface area contributed by atoms with Crippen LogP contribution in [0.15, 0.2) is 29.3 Å². The molecule has 13 heteroatoms. The summed E-state index contributed by atoms with van der Waals surface area (Å²) in [4.78, 5) is 15.3. The van der Waals surface area contributed by atoms with Crippen LogP contribution >= 0.6 is 0 Å². The van der Waals surface area contributed by atoms with Gasteiger partial charge in [-0.15, -0.1) is 0 Å². The number of rotatable bonds is 32. The molecule has 0 rings (SSSR count). The molecule has 0 unspecified atom stereocenters. The maximum absolute atomic E-state index is 11.5. The summed E-state index contributed by atoms with van der Waals surface area (Å²) >= 11 is 0. The standard InChI is InChI=1S/2C18H35NO4S.Ca/c2*1-2-3-4-5-6-7-8-9-10-11-12-15-18(20)19-16-13-14-17-24(21,22)23;/h2*12,15H,2-11,13-14,16-17H2,1H3,(H,19,20)(H,21,22,23);/q;;+2/p-2/b2*15-12+;. The second-order valence-electron chi connectivity index (χ2n) is 12.5. The zero-order valence-electron chi connectivity index (χ0n) is 30.9. The number of unbranched alkanes of at least 4 members (excludes halogenated alkanes) is 20. The molecular weight excluding hydrogens is 693 g/mol. The van der Waals surface area contributed by atoms with Gasteiger partial charge in [-0.1, -0.05) is 135 Å². The molecule has 0 saturated carbocycles. The summed E-state index contributed by atoms with van der Waals surface area (Å²) in [5, 5.41) is 14.1. The largest absolute Gasteiger partial charge is 2.00 e. The second kappa shape index (κ2) is 38.7. The Morgan fingerprint density at radius 1 is 0.633 bits per heavy atom. The average Bonchev–Trinajstić information content (AvgIpc) is 3.01. The van der Waals surface area contributed by atoms with Gasteiger partial charge in [-0.25, -0.2) is 8.42 Å². The molecule has 0 aliphatic rings. The van der Waals surface area contributed by atoms with Crippen LogP contribution < -0.4 is 10.4 Å². The van der Waals surface area contributed by atoms with E-state index in [4.69, 9.17) is 4.55 Å². The molecule has 10 nitrogen and oxygen atoms in total. The second-order valence-corrected chi connectivity index (χ2v) is 15.6. The summed E-state index contributed by atoms with van der Waals surface area (Å²) in [5.74, 6) is -1.06. The van der Waals surface area contributed by atoms with Crippen LogP contribution in [0.25, 0.3) is 0 Å². The maximum atomic E-state index is 11.5. The molecule has 0 aromatic heterocycles. The first-order valence-electron chi connectivity index (χ1n) is 18.6. The predicted octanol–water partition coefficient (Wildman–Crippen LogP) is 7.41. The Hall–Kier alpha value is -0.500. The summed E-state index contributed by atoms with van der Waals surface area (Å²) in [7, 11) is -8.03. The zero-order valence-corrected chi connectivity index (χ0v) is 34.7. The first-order valence-corrected chi connectivity index (χ1v) is 21.8. The van der Waals surface area contributed by atoms with Gasteiger partial charge in [-0.3, -0.25) is 9.35 Å². The van der Waals surface area contributed by atoms with Crippen LogP contribution in [0.5, 0.6) is 0 Å². The first-order chi connectivity index (χ1) is 22.9. The van der Waals surface area contributed by atoms with Crippen molar-refractivity contribution in [3.63, 3.8) is 0 Å². The molecule has 2 N–H and O–H groups in total. The Morgan fingerprint density at radius 2 is 1.06 bits per heavy atom. The monoisotopic (exact) mass is 760 g/mol. The molecule has 1 amide bonds. The number of nitrogens with one attached hydrogen (secondary N) is 1. The van der Waals surface area contributed by atoms with E-state index >= 15 is 0 Å². The minimum atomic E-state index is -4.15. The minimum absolute atomic E-state index is 0. The van der Waals surface area contributed by atoms with Crippen LogP contribution in [0.3, 0.4) is 0 Å². The van der Waals surface area contributed by atoms with Gasteiger partial charge in [-0.05, 0) is 63.3 Å².